The molecule has 0 radical (unpaired) electrons. The number of fused-ring (bicyclic) bond motifs is 1. The fourth-order valence-electron chi connectivity index (χ4n) is 3.55. The van der Waals surface area contributed by atoms with E-state index >= 15 is 0 Å². The Balaban J connectivity index is 1.48. The number of hydrogen-bond donors (Lipinski definition) is 0. The van der Waals surface area contributed by atoms with Gasteiger partial charge in [0.2, 0.25) is 11.7 Å². The molecule has 1 atom stereocenters. The lowest BCUT2D eigenvalue weighted by Crippen LogP contribution is -2.36. The molecule has 1 aliphatic carbocycles. The number of likely N-dealkylation sites (N-methyl/N-ethyl adjacent to an activating group) is 1. The number of benzene rings is 2. The van der Waals surface area contributed by atoms with E-state index in [9.17, 15) is 4.79 Å². The van der Waals surface area contributed by atoms with E-state index in [1.54, 1.807) is 0 Å². The van der Waals surface area contributed by atoms with E-state index in [-0.39, 0.29) is 18.5 Å². The Kier molecular flexibility index (Phi) is 4.48. The average molecular weight is 347 g/mol. The number of hydrogen-bond acceptors (Lipinski definition) is 4. The van der Waals surface area contributed by atoms with Crippen LogP contribution < -0.4 is 0 Å². The van der Waals surface area contributed by atoms with Crippen LogP contribution in [0.5, 0.6) is 0 Å². The summed E-state index contributed by atoms with van der Waals surface area (Å²) < 4.78 is 0. The van der Waals surface area contributed by atoms with Crippen LogP contribution in [0.25, 0.3) is 11.4 Å². The van der Waals surface area contributed by atoms with E-state index in [4.69, 9.17) is 0 Å². The van der Waals surface area contributed by atoms with Gasteiger partial charge in [0.15, 0.2) is 0 Å². The van der Waals surface area contributed by atoms with Crippen molar-refractivity contribution < 1.29 is 4.79 Å². The Bertz CT molecular complexity index is 905. The quantitative estimate of drug-likeness (QED) is 0.728. The molecule has 0 aliphatic heterocycles. The van der Waals surface area contributed by atoms with Gasteiger partial charge in [-0.3, -0.25) is 4.79 Å². The molecule has 6 nitrogen and oxygen atoms in total. The summed E-state index contributed by atoms with van der Waals surface area (Å²) in [7, 11) is 1.87. The van der Waals surface area contributed by atoms with Gasteiger partial charge in [0.1, 0.15) is 6.54 Å². The molecule has 26 heavy (non-hydrogen) atoms. The van der Waals surface area contributed by atoms with Gasteiger partial charge in [0.25, 0.3) is 0 Å². The normalized spacial score (nSPS) is 16.1. The topological polar surface area (TPSA) is 63.9 Å². The second-order valence-corrected chi connectivity index (χ2v) is 6.62. The van der Waals surface area contributed by atoms with Crippen LogP contribution in [0.3, 0.4) is 0 Å². The van der Waals surface area contributed by atoms with Crippen LogP contribution in [0.2, 0.25) is 0 Å². The van der Waals surface area contributed by atoms with E-state index in [1.807, 2.05) is 48.3 Å². The molecule has 6 heteroatoms. The Morgan fingerprint density at radius 2 is 1.92 bits per heavy atom. The van der Waals surface area contributed by atoms with Crippen LogP contribution >= 0.6 is 0 Å². The van der Waals surface area contributed by atoms with Gasteiger partial charge in [-0.25, -0.2) is 0 Å². The van der Waals surface area contributed by atoms with Gasteiger partial charge in [0.05, 0.1) is 6.04 Å². The number of tetrazole rings is 1. The van der Waals surface area contributed by atoms with E-state index in [2.05, 4.69) is 33.6 Å². The fourth-order valence-corrected chi connectivity index (χ4v) is 3.55. The number of nitrogens with zero attached hydrogens (tertiary/aromatic N) is 5. The molecule has 4 rings (SSSR count). The SMILES string of the molecule is CN(C(=O)Cn1nnc(-c2ccccc2)n1)[C@@H]1CCCc2ccccc21. The number of amides is 1. The first-order valence-corrected chi connectivity index (χ1v) is 8.89. The molecule has 0 saturated heterocycles. The summed E-state index contributed by atoms with van der Waals surface area (Å²) in [5, 5.41) is 12.4. The third-order valence-corrected chi connectivity index (χ3v) is 4.96. The molecule has 2 aromatic carbocycles. The van der Waals surface area contributed by atoms with Crippen molar-refractivity contribution in [2.45, 2.75) is 31.8 Å². The molecule has 0 unspecified atom stereocenters. The number of aryl methyl sites for hydroxylation is 1. The van der Waals surface area contributed by atoms with Crippen molar-refractivity contribution >= 4 is 5.91 Å². The summed E-state index contributed by atoms with van der Waals surface area (Å²) in [4.78, 5) is 16.0. The van der Waals surface area contributed by atoms with Gasteiger partial charge >= 0.3 is 0 Å². The van der Waals surface area contributed by atoms with Crippen molar-refractivity contribution in [3.63, 3.8) is 0 Å². The summed E-state index contributed by atoms with van der Waals surface area (Å²) in [6.45, 7) is 0.0923. The second-order valence-electron chi connectivity index (χ2n) is 6.62. The Morgan fingerprint density at radius 3 is 2.77 bits per heavy atom. The number of rotatable bonds is 4. The molecule has 0 spiro atoms. The maximum atomic E-state index is 12.8. The Labute approximate surface area is 152 Å². The molecule has 3 aromatic rings. The van der Waals surface area contributed by atoms with Crippen LogP contribution in [0.1, 0.15) is 30.0 Å². The third-order valence-electron chi connectivity index (χ3n) is 4.96. The summed E-state index contributed by atoms with van der Waals surface area (Å²) in [6, 6.07) is 18.1. The van der Waals surface area contributed by atoms with Crippen LogP contribution in [-0.4, -0.2) is 38.1 Å². The highest BCUT2D eigenvalue weighted by molar-refractivity contribution is 5.76. The third kappa shape index (κ3) is 3.22. The lowest BCUT2D eigenvalue weighted by atomic mass is 9.87. The van der Waals surface area contributed by atoms with E-state index in [0.29, 0.717) is 5.82 Å². The molecule has 1 aliphatic rings. The van der Waals surface area contributed by atoms with Gasteiger partial charge in [-0.05, 0) is 35.6 Å². The zero-order chi connectivity index (χ0) is 17.9. The predicted octanol–water partition coefficient (Wildman–Crippen LogP) is 2.88. The molecule has 132 valence electrons. The molecule has 0 N–H and O–H groups in total. The molecule has 1 heterocycles. The van der Waals surface area contributed by atoms with Crippen LogP contribution in [-0.2, 0) is 17.8 Å². The van der Waals surface area contributed by atoms with Gasteiger partial charge in [-0.15, -0.1) is 10.2 Å². The summed E-state index contributed by atoms with van der Waals surface area (Å²) in [5.74, 6) is 0.521. The van der Waals surface area contributed by atoms with Crippen LogP contribution in [0, 0.1) is 0 Å². The van der Waals surface area contributed by atoms with Crippen molar-refractivity contribution in [3.05, 3.63) is 65.7 Å². The average Bonchev–Trinajstić information content (AvgIpc) is 3.16. The monoisotopic (exact) mass is 347 g/mol. The minimum Gasteiger partial charge on any atom is -0.337 e. The summed E-state index contributed by atoms with van der Waals surface area (Å²) >= 11 is 0. The number of carbonyl (C=O) groups is 1. The van der Waals surface area contributed by atoms with Gasteiger partial charge in [0, 0.05) is 12.6 Å². The second kappa shape index (κ2) is 7.07. The van der Waals surface area contributed by atoms with E-state index in [1.165, 1.54) is 15.9 Å². The minimum absolute atomic E-state index is 0.0104. The smallest absolute Gasteiger partial charge is 0.246 e. The molecule has 0 saturated carbocycles. The van der Waals surface area contributed by atoms with Crippen molar-refractivity contribution in [2.75, 3.05) is 7.05 Å². The Hall–Kier alpha value is -3.02. The van der Waals surface area contributed by atoms with Gasteiger partial charge in [-0.2, -0.15) is 4.80 Å². The van der Waals surface area contributed by atoms with Crippen LogP contribution in [0.15, 0.2) is 54.6 Å². The fraction of sp³-hybridized carbons (Fsp3) is 0.300. The standard InChI is InChI=1S/C20H21N5O/c1-24(18-13-7-11-15-8-5-6-12-17(15)18)19(26)14-25-22-20(21-23-25)16-9-3-2-4-10-16/h2-6,8-10,12,18H,7,11,13-14H2,1H3/t18-/m1/s1. The van der Waals surface area contributed by atoms with Crippen LogP contribution in [0.4, 0.5) is 0 Å². The van der Waals surface area contributed by atoms with Crippen molar-refractivity contribution in [1.82, 2.24) is 25.1 Å². The zero-order valence-corrected chi connectivity index (χ0v) is 14.7. The van der Waals surface area contributed by atoms with Gasteiger partial charge in [-0.1, -0.05) is 54.6 Å². The van der Waals surface area contributed by atoms with E-state index < -0.39 is 0 Å². The first kappa shape index (κ1) is 16.4. The molecule has 0 fully saturated rings. The highest BCUT2D eigenvalue weighted by Gasteiger charge is 2.26. The molecule has 1 aromatic heterocycles. The number of carbonyl (C=O) groups excluding carboxylic acids is 1. The highest BCUT2D eigenvalue weighted by atomic mass is 16.2. The van der Waals surface area contributed by atoms with Crippen molar-refractivity contribution in [3.8, 4) is 11.4 Å². The summed E-state index contributed by atoms with van der Waals surface area (Å²) in [5.41, 5.74) is 3.49. The predicted molar refractivity (Wildman–Crippen MR) is 98.1 cm³/mol. The summed E-state index contributed by atoms with van der Waals surface area (Å²) in [6.07, 6.45) is 3.16. The lowest BCUT2D eigenvalue weighted by molar-refractivity contribution is -0.133. The van der Waals surface area contributed by atoms with Crippen molar-refractivity contribution in [2.24, 2.45) is 0 Å². The first-order valence-electron chi connectivity index (χ1n) is 8.89. The van der Waals surface area contributed by atoms with Gasteiger partial charge < -0.3 is 4.90 Å². The zero-order valence-electron chi connectivity index (χ0n) is 14.7. The maximum Gasteiger partial charge on any atom is 0.246 e. The molecule has 0 bridgehead atoms. The Morgan fingerprint density at radius 1 is 1.15 bits per heavy atom. The largest absolute Gasteiger partial charge is 0.337 e. The number of aromatic nitrogens is 4. The molecular weight excluding hydrogens is 326 g/mol. The highest BCUT2D eigenvalue weighted by Crippen LogP contribution is 2.33. The van der Waals surface area contributed by atoms with E-state index in [0.717, 1.165) is 24.8 Å². The first-order chi connectivity index (χ1) is 12.7. The lowest BCUT2D eigenvalue weighted by Gasteiger charge is -2.33. The molecule has 1 amide bonds. The molecular formula is C20H21N5O. The minimum atomic E-state index is -0.0104. The van der Waals surface area contributed by atoms with Crippen molar-refractivity contribution in [1.29, 1.82) is 0 Å². The maximum absolute atomic E-state index is 12.8.